The first-order chi connectivity index (χ1) is 13.8. The van der Waals surface area contributed by atoms with E-state index in [1.165, 1.54) is 11.6 Å². The van der Waals surface area contributed by atoms with Crippen molar-refractivity contribution in [1.82, 2.24) is 19.5 Å². The molecule has 0 fully saturated rings. The van der Waals surface area contributed by atoms with E-state index in [0.717, 1.165) is 27.6 Å². The van der Waals surface area contributed by atoms with Gasteiger partial charge in [0.2, 0.25) is 0 Å². The van der Waals surface area contributed by atoms with Gasteiger partial charge in [-0.15, -0.1) is 0 Å². The molecule has 0 bridgehead atoms. The van der Waals surface area contributed by atoms with Gasteiger partial charge in [-0.05, 0) is 46.3 Å². The molecule has 3 aromatic heterocycles. The van der Waals surface area contributed by atoms with Crippen molar-refractivity contribution in [3.63, 3.8) is 0 Å². The summed E-state index contributed by atoms with van der Waals surface area (Å²) in [4.78, 5) is 24.9. The predicted molar refractivity (Wildman–Crippen MR) is 110 cm³/mol. The molecule has 0 N–H and O–H groups in total. The van der Waals surface area contributed by atoms with E-state index in [1.54, 1.807) is 23.2 Å². The van der Waals surface area contributed by atoms with Gasteiger partial charge in [0, 0.05) is 24.0 Å². The second-order valence-corrected chi connectivity index (χ2v) is 6.68. The van der Waals surface area contributed by atoms with Crippen LogP contribution in [0.25, 0.3) is 32.9 Å². The van der Waals surface area contributed by atoms with Gasteiger partial charge in [0.15, 0.2) is 0 Å². The first-order valence-electron chi connectivity index (χ1n) is 9.01. The number of benzene rings is 2. The van der Waals surface area contributed by atoms with Gasteiger partial charge in [0.05, 0.1) is 24.5 Å². The van der Waals surface area contributed by atoms with Crippen molar-refractivity contribution in [2.75, 3.05) is 0 Å². The Kier molecular flexibility index (Phi) is 3.91. The van der Waals surface area contributed by atoms with Crippen molar-refractivity contribution >= 4 is 21.8 Å². The molecule has 134 valence electrons. The van der Waals surface area contributed by atoms with Gasteiger partial charge in [-0.2, -0.15) is 0 Å². The first kappa shape index (κ1) is 16.3. The summed E-state index contributed by atoms with van der Waals surface area (Å²) in [5.41, 5.74) is 4.65. The second-order valence-electron chi connectivity index (χ2n) is 6.68. The summed E-state index contributed by atoms with van der Waals surface area (Å²) >= 11 is 0. The molecule has 0 atom stereocenters. The lowest BCUT2D eigenvalue weighted by Gasteiger charge is -2.11. The van der Waals surface area contributed by atoms with Crippen LogP contribution in [0, 0.1) is 0 Å². The number of pyridine rings is 2. The van der Waals surface area contributed by atoms with E-state index in [0.29, 0.717) is 12.1 Å². The lowest BCUT2D eigenvalue weighted by molar-refractivity contribution is 0.786. The van der Waals surface area contributed by atoms with Crippen LogP contribution in [-0.4, -0.2) is 19.5 Å². The van der Waals surface area contributed by atoms with Crippen LogP contribution >= 0.6 is 0 Å². The fourth-order valence-corrected chi connectivity index (χ4v) is 3.48. The first-order valence-corrected chi connectivity index (χ1v) is 9.01. The molecule has 3 heterocycles. The highest BCUT2D eigenvalue weighted by atomic mass is 16.1. The van der Waals surface area contributed by atoms with E-state index in [4.69, 9.17) is 0 Å². The van der Waals surface area contributed by atoms with Crippen LogP contribution in [0.3, 0.4) is 0 Å². The molecule has 5 rings (SSSR count). The maximum Gasteiger partial charge on any atom is 0.269 e. The minimum absolute atomic E-state index is 0.124. The molecule has 28 heavy (non-hydrogen) atoms. The van der Waals surface area contributed by atoms with Crippen LogP contribution in [0.2, 0.25) is 0 Å². The topological polar surface area (TPSA) is 60.7 Å². The Morgan fingerprint density at radius 2 is 1.64 bits per heavy atom. The summed E-state index contributed by atoms with van der Waals surface area (Å²) in [7, 11) is 0. The zero-order chi connectivity index (χ0) is 18.9. The minimum atomic E-state index is -0.124. The van der Waals surface area contributed by atoms with Crippen LogP contribution in [0.5, 0.6) is 0 Å². The number of nitrogens with zero attached hydrogens (tertiary/aromatic N) is 4. The Morgan fingerprint density at radius 3 is 2.61 bits per heavy atom. The van der Waals surface area contributed by atoms with E-state index < -0.39 is 0 Å². The van der Waals surface area contributed by atoms with Gasteiger partial charge in [0.1, 0.15) is 5.52 Å². The van der Waals surface area contributed by atoms with E-state index in [2.05, 4.69) is 45.3 Å². The Balaban J connectivity index is 1.56. The number of rotatable bonds is 3. The average Bonchev–Trinajstić information content (AvgIpc) is 2.76. The third-order valence-electron chi connectivity index (χ3n) is 4.89. The molecule has 0 aliphatic rings. The van der Waals surface area contributed by atoms with Crippen LogP contribution in [0.4, 0.5) is 0 Å². The quantitative estimate of drug-likeness (QED) is 0.484. The molecule has 5 aromatic rings. The summed E-state index contributed by atoms with van der Waals surface area (Å²) in [6.07, 6.45) is 8.38. The average molecular weight is 364 g/mol. The molecule has 0 aliphatic heterocycles. The van der Waals surface area contributed by atoms with Crippen molar-refractivity contribution in [2.24, 2.45) is 0 Å². The third kappa shape index (κ3) is 2.93. The monoisotopic (exact) mass is 364 g/mol. The highest BCUT2D eigenvalue weighted by Crippen LogP contribution is 2.25. The fourth-order valence-electron chi connectivity index (χ4n) is 3.48. The Bertz CT molecular complexity index is 1370. The maximum absolute atomic E-state index is 12.4. The SMILES string of the molecule is O=c1cnc2cnccc2n1Cc1cccc(-c2ccc3ccncc3c2)c1. The molecule has 0 aliphatic carbocycles. The molecular weight excluding hydrogens is 348 g/mol. The standard InChI is InChI=1S/C23H16N4O/c28-23-14-26-21-13-25-9-7-22(21)27(23)15-16-2-1-3-18(10-16)19-5-4-17-6-8-24-12-20(17)11-19/h1-14H,15H2. The summed E-state index contributed by atoms with van der Waals surface area (Å²) in [6, 6.07) is 18.4. The molecule has 0 saturated carbocycles. The van der Waals surface area contributed by atoms with Crippen molar-refractivity contribution < 1.29 is 0 Å². The molecule has 0 saturated heterocycles. The van der Waals surface area contributed by atoms with E-state index in [1.807, 2.05) is 30.5 Å². The lowest BCUT2D eigenvalue weighted by Crippen LogP contribution is -2.21. The summed E-state index contributed by atoms with van der Waals surface area (Å²) in [5.74, 6) is 0. The Hall–Kier alpha value is -3.86. The number of hydrogen-bond acceptors (Lipinski definition) is 4. The van der Waals surface area contributed by atoms with Crippen LogP contribution < -0.4 is 5.56 Å². The van der Waals surface area contributed by atoms with Crippen molar-refractivity contribution in [2.45, 2.75) is 6.54 Å². The highest BCUT2D eigenvalue weighted by Gasteiger charge is 2.07. The predicted octanol–water partition coefficient (Wildman–Crippen LogP) is 4.06. The van der Waals surface area contributed by atoms with E-state index in [-0.39, 0.29) is 5.56 Å². The lowest BCUT2D eigenvalue weighted by atomic mass is 10.0. The summed E-state index contributed by atoms with van der Waals surface area (Å²) in [6.45, 7) is 0.477. The molecule has 0 unspecified atom stereocenters. The van der Waals surface area contributed by atoms with Gasteiger partial charge < -0.3 is 4.57 Å². The largest absolute Gasteiger partial charge is 0.301 e. The molecule has 0 amide bonds. The molecule has 5 heteroatoms. The van der Waals surface area contributed by atoms with Gasteiger partial charge >= 0.3 is 0 Å². The van der Waals surface area contributed by atoms with Gasteiger partial charge in [0.25, 0.3) is 5.56 Å². The van der Waals surface area contributed by atoms with Gasteiger partial charge in [-0.25, -0.2) is 4.98 Å². The van der Waals surface area contributed by atoms with Crippen LogP contribution in [0.15, 0.2) is 90.4 Å². The van der Waals surface area contributed by atoms with Crippen LogP contribution in [-0.2, 0) is 6.54 Å². The molecule has 0 radical (unpaired) electrons. The van der Waals surface area contributed by atoms with E-state index >= 15 is 0 Å². The molecular formula is C23H16N4O. The van der Waals surface area contributed by atoms with E-state index in [9.17, 15) is 4.79 Å². The minimum Gasteiger partial charge on any atom is -0.301 e. The zero-order valence-electron chi connectivity index (χ0n) is 15.0. The fraction of sp³-hybridized carbons (Fsp3) is 0.0435. The zero-order valence-corrected chi connectivity index (χ0v) is 15.0. The maximum atomic E-state index is 12.4. The molecule has 5 nitrogen and oxygen atoms in total. The van der Waals surface area contributed by atoms with Crippen LogP contribution in [0.1, 0.15) is 5.56 Å². The van der Waals surface area contributed by atoms with Crippen molar-refractivity contribution in [3.05, 3.63) is 101 Å². The molecule has 2 aromatic carbocycles. The Labute approximate surface area is 161 Å². The number of aromatic nitrogens is 4. The van der Waals surface area contributed by atoms with Gasteiger partial charge in [-0.3, -0.25) is 14.8 Å². The highest BCUT2D eigenvalue weighted by molar-refractivity contribution is 5.86. The normalized spacial score (nSPS) is 11.1. The summed E-state index contributed by atoms with van der Waals surface area (Å²) in [5, 5.41) is 2.27. The molecule has 0 spiro atoms. The second kappa shape index (κ2) is 6.70. The van der Waals surface area contributed by atoms with Crippen molar-refractivity contribution in [1.29, 1.82) is 0 Å². The summed E-state index contributed by atoms with van der Waals surface area (Å²) < 4.78 is 1.73. The number of fused-ring (bicyclic) bond motifs is 2. The third-order valence-corrected chi connectivity index (χ3v) is 4.89. The van der Waals surface area contributed by atoms with Crippen molar-refractivity contribution in [3.8, 4) is 11.1 Å². The number of hydrogen-bond donors (Lipinski definition) is 0. The van der Waals surface area contributed by atoms with Gasteiger partial charge in [-0.1, -0.05) is 30.3 Å². The smallest absolute Gasteiger partial charge is 0.269 e. The Morgan fingerprint density at radius 1 is 0.786 bits per heavy atom.